The normalized spacial score (nSPS) is 9.80. The summed E-state index contributed by atoms with van der Waals surface area (Å²) in [5.41, 5.74) is 1.75. The summed E-state index contributed by atoms with van der Waals surface area (Å²) in [7, 11) is 1.93. The number of aliphatic hydroxyl groups is 1. The van der Waals surface area contributed by atoms with Gasteiger partial charge in [0.1, 0.15) is 0 Å². The number of rotatable bonds is 2. The third-order valence-electron chi connectivity index (χ3n) is 1.50. The predicted molar refractivity (Wildman–Crippen MR) is 41.5 cm³/mol. The number of hydrogen-bond donors (Lipinski definition) is 1. The van der Waals surface area contributed by atoms with Crippen LogP contribution in [0, 0.1) is 0 Å². The largest absolute Gasteiger partial charge is 0.392 e. The molecule has 2 heteroatoms. The Hall–Kier alpha value is -1.02. The summed E-state index contributed by atoms with van der Waals surface area (Å²) < 4.78 is 1.93. The van der Waals surface area contributed by atoms with Gasteiger partial charge in [0, 0.05) is 18.9 Å². The Morgan fingerprint density at radius 1 is 1.80 bits per heavy atom. The van der Waals surface area contributed by atoms with Crippen LogP contribution in [-0.2, 0) is 7.05 Å². The molecule has 1 aromatic heterocycles. The van der Waals surface area contributed by atoms with Gasteiger partial charge in [-0.25, -0.2) is 0 Å². The maximum absolute atomic E-state index is 8.72. The van der Waals surface area contributed by atoms with Crippen molar-refractivity contribution in [3.8, 4) is 0 Å². The van der Waals surface area contributed by atoms with E-state index in [4.69, 9.17) is 5.11 Å². The molecule has 0 atom stereocenters. The van der Waals surface area contributed by atoms with Gasteiger partial charge in [0.15, 0.2) is 0 Å². The van der Waals surface area contributed by atoms with E-state index in [1.54, 1.807) is 0 Å². The first-order valence-corrected chi connectivity index (χ1v) is 3.16. The molecule has 10 heavy (non-hydrogen) atoms. The van der Waals surface area contributed by atoms with Crippen LogP contribution in [0.2, 0.25) is 0 Å². The van der Waals surface area contributed by atoms with Gasteiger partial charge >= 0.3 is 0 Å². The summed E-state index contributed by atoms with van der Waals surface area (Å²) in [6.45, 7) is 3.73. The zero-order valence-corrected chi connectivity index (χ0v) is 6.04. The van der Waals surface area contributed by atoms with Crippen molar-refractivity contribution in [1.29, 1.82) is 0 Å². The number of aromatic nitrogens is 1. The molecule has 1 aromatic rings. The second-order valence-corrected chi connectivity index (χ2v) is 2.27. The summed E-state index contributed by atoms with van der Waals surface area (Å²) in [4.78, 5) is 0. The Labute approximate surface area is 60.4 Å². The Bertz CT molecular complexity index is 237. The molecule has 0 saturated heterocycles. The molecular weight excluding hydrogens is 126 g/mol. The van der Waals surface area contributed by atoms with Crippen LogP contribution in [-0.4, -0.2) is 16.3 Å². The third-order valence-corrected chi connectivity index (χ3v) is 1.50. The van der Waals surface area contributed by atoms with Crippen LogP contribution in [0.25, 0.3) is 5.57 Å². The summed E-state index contributed by atoms with van der Waals surface area (Å²) in [6.07, 6.45) is 1.93. The zero-order chi connectivity index (χ0) is 7.56. The average molecular weight is 137 g/mol. The van der Waals surface area contributed by atoms with Gasteiger partial charge < -0.3 is 9.67 Å². The Balaban J connectivity index is 2.93. The summed E-state index contributed by atoms with van der Waals surface area (Å²) >= 11 is 0. The quantitative estimate of drug-likeness (QED) is 0.647. The van der Waals surface area contributed by atoms with Crippen LogP contribution in [0.3, 0.4) is 0 Å². The van der Waals surface area contributed by atoms with Crippen LogP contribution < -0.4 is 0 Å². The van der Waals surface area contributed by atoms with Crippen molar-refractivity contribution in [3.63, 3.8) is 0 Å². The van der Waals surface area contributed by atoms with E-state index in [0.717, 1.165) is 11.3 Å². The first-order valence-electron chi connectivity index (χ1n) is 3.16. The van der Waals surface area contributed by atoms with E-state index in [0.29, 0.717) is 0 Å². The number of hydrogen-bond acceptors (Lipinski definition) is 1. The SMILES string of the molecule is C=C(CO)c1cccn1C. The van der Waals surface area contributed by atoms with Crippen molar-refractivity contribution in [3.05, 3.63) is 30.6 Å². The van der Waals surface area contributed by atoms with E-state index in [1.165, 1.54) is 0 Å². The van der Waals surface area contributed by atoms with Crippen LogP contribution in [0.15, 0.2) is 24.9 Å². The molecule has 0 aliphatic carbocycles. The molecule has 0 amide bonds. The van der Waals surface area contributed by atoms with Crippen molar-refractivity contribution in [2.45, 2.75) is 0 Å². The highest BCUT2D eigenvalue weighted by Crippen LogP contribution is 2.09. The summed E-state index contributed by atoms with van der Waals surface area (Å²) in [6, 6.07) is 3.86. The highest BCUT2D eigenvalue weighted by atomic mass is 16.3. The molecule has 0 aromatic carbocycles. The van der Waals surface area contributed by atoms with Gasteiger partial charge in [0.25, 0.3) is 0 Å². The molecule has 2 nitrogen and oxygen atoms in total. The Kier molecular flexibility index (Phi) is 1.92. The molecule has 0 radical (unpaired) electrons. The van der Waals surface area contributed by atoms with Gasteiger partial charge in [-0.1, -0.05) is 6.58 Å². The van der Waals surface area contributed by atoms with Crippen molar-refractivity contribution < 1.29 is 5.11 Å². The lowest BCUT2D eigenvalue weighted by atomic mass is 10.2. The molecule has 1 N–H and O–H groups in total. The maximum atomic E-state index is 8.72. The van der Waals surface area contributed by atoms with Crippen LogP contribution >= 0.6 is 0 Å². The fourth-order valence-corrected chi connectivity index (χ4v) is 0.909. The lowest BCUT2D eigenvalue weighted by molar-refractivity contribution is 0.349. The molecule has 0 saturated carbocycles. The van der Waals surface area contributed by atoms with E-state index in [9.17, 15) is 0 Å². The van der Waals surface area contributed by atoms with Crippen molar-refractivity contribution in [2.24, 2.45) is 7.05 Å². The number of aliphatic hydroxyl groups excluding tert-OH is 1. The minimum Gasteiger partial charge on any atom is -0.392 e. The van der Waals surface area contributed by atoms with E-state index in [2.05, 4.69) is 6.58 Å². The van der Waals surface area contributed by atoms with Crippen molar-refractivity contribution >= 4 is 5.57 Å². The fourth-order valence-electron chi connectivity index (χ4n) is 0.909. The highest BCUT2D eigenvalue weighted by molar-refractivity contribution is 5.61. The molecule has 0 aliphatic rings. The van der Waals surface area contributed by atoms with Gasteiger partial charge in [-0.3, -0.25) is 0 Å². The van der Waals surface area contributed by atoms with E-state index in [1.807, 2.05) is 29.9 Å². The minimum atomic E-state index is 0.0256. The molecule has 54 valence electrons. The monoisotopic (exact) mass is 137 g/mol. The van der Waals surface area contributed by atoms with Gasteiger partial charge in [-0.2, -0.15) is 0 Å². The smallest absolute Gasteiger partial charge is 0.0696 e. The standard InChI is InChI=1S/C8H11NO/c1-7(6-10)8-4-3-5-9(8)2/h3-5,10H,1,6H2,2H3. The molecule has 0 fully saturated rings. The molecule has 1 heterocycles. The van der Waals surface area contributed by atoms with Crippen LogP contribution in [0.1, 0.15) is 5.69 Å². The molecule has 0 aliphatic heterocycles. The van der Waals surface area contributed by atoms with E-state index < -0.39 is 0 Å². The number of nitrogens with zero attached hydrogens (tertiary/aromatic N) is 1. The second kappa shape index (κ2) is 2.71. The fraction of sp³-hybridized carbons (Fsp3) is 0.250. The Morgan fingerprint density at radius 2 is 2.50 bits per heavy atom. The van der Waals surface area contributed by atoms with Crippen molar-refractivity contribution in [2.75, 3.05) is 6.61 Å². The molecular formula is C8H11NO. The molecule has 0 bridgehead atoms. The summed E-state index contributed by atoms with van der Waals surface area (Å²) in [5.74, 6) is 0. The maximum Gasteiger partial charge on any atom is 0.0696 e. The molecule has 0 unspecified atom stereocenters. The van der Waals surface area contributed by atoms with Gasteiger partial charge in [-0.15, -0.1) is 0 Å². The summed E-state index contributed by atoms with van der Waals surface area (Å²) in [5, 5.41) is 8.72. The second-order valence-electron chi connectivity index (χ2n) is 2.27. The predicted octanol–water partition coefficient (Wildman–Crippen LogP) is 1.03. The molecule has 0 spiro atoms. The lowest BCUT2D eigenvalue weighted by Gasteiger charge is -2.02. The zero-order valence-electron chi connectivity index (χ0n) is 6.04. The van der Waals surface area contributed by atoms with Gasteiger partial charge in [-0.05, 0) is 17.7 Å². The van der Waals surface area contributed by atoms with Gasteiger partial charge in [0.05, 0.1) is 6.61 Å². The van der Waals surface area contributed by atoms with Gasteiger partial charge in [0.2, 0.25) is 0 Å². The molecule has 1 rings (SSSR count). The topological polar surface area (TPSA) is 25.2 Å². The van der Waals surface area contributed by atoms with Crippen LogP contribution in [0.4, 0.5) is 0 Å². The first-order chi connectivity index (χ1) is 4.75. The van der Waals surface area contributed by atoms with E-state index >= 15 is 0 Å². The highest BCUT2D eigenvalue weighted by Gasteiger charge is 1.98. The third kappa shape index (κ3) is 1.11. The Morgan fingerprint density at radius 3 is 2.90 bits per heavy atom. The van der Waals surface area contributed by atoms with Crippen LogP contribution in [0.5, 0.6) is 0 Å². The number of aryl methyl sites for hydroxylation is 1. The first kappa shape index (κ1) is 7.09. The van der Waals surface area contributed by atoms with Crippen molar-refractivity contribution in [1.82, 2.24) is 4.57 Å². The average Bonchev–Trinajstić information content (AvgIpc) is 2.34. The van der Waals surface area contributed by atoms with E-state index in [-0.39, 0.29) is 6.61 Å². The minimum absolute atomic E-state index is 0.0256. The lowest BCUT2D eigenvalue weighted by Crippen LogP contribution is -1.95.